The number of amides is 1. The zero-order valence-electron chi connectivity index (χ0n) is 19.4. The highest BCUT2D eigenvalue weighted by Crippen LogP contribution is 2.34. The second-order valence-corrected chi connectivity index (χ2v) is 8.85. The summed E-state index contributed by atoms with van der Waals surface area (Å²) in [5, 5.41) is 4.58. The summed E-state index contributed by atoms with van der Waals surface area (Å²) in [5.41, 5.74) is 1.18. The molecule has 0 aliphatic heterocycles. The van der Waals surface area contributed by atoms with Crippen molar-refractivity contribution >= 4 is 27.5 Å². The molecule has 7 nitrogen and oxygen atoms in total. The molecule has 10 heteroatoms. The molecule has 3 aromatic heterocycles. The summed E-state index contributed by atoms with van der Waals surface area (Å²) < 4.78 is 41.1. The molecule has 0 unspecified atom stereocenters. The molecule has 2 aromatic carbocycles. The monoisotopic (exact) mass is 519 g/mol. The molecule has 1 N–H and O–H groups in total. The second-order valence-electron chi connectivity index (χ2n) is 7.93. The summed E-state index contributed by atoms with van der Waals surface area (Å²) in [7, 11) is 1.34. The summed E-state index contributed by atoms with van der Waals surface area (Å²) >= 11 is 1.43. The molecule has 0 radical (unpaired) electrons. The molecule has 0 aliphatic rings. The van der Waals surface area contributed by atoms with Gasteiger partial charge in [0.1, 0.15) is 17.3 Å². The van der Waals surface area contributed by atoms with E-state index in [1.807, 2.05) is 11.4 Å². The van der Waals surface area contributed by atoms with Crippen molar-refractivity contribution in [1.29, 1.82) is 0 Å². The molecule has 0 saturated heterocycles. The Balaban J connectivity index is 1.42. The molecular weight excluding hydrogens is 500 g/mol. The predicted octanol–water partition coefficient (Wildman–Crippen LogP) is 5.46. The second kappa shape index (κ2) is 10.2. The highest BCUT2D eigenvalue weighted by atomic mass is 32.1. The summed E-state index contributed by atoms with van der Waals surface area (Å²) in [6, 6.07) is 14.4. The fourth-order valence-corrected chi connectivity index (χ4v) is 4.51. The number of thiophene rings is 1. The van der Waals surface area contributed by atoms with Crippen molar-refractivity contribution in [2.45, 2.75) is 6.54 Å². The van der Waals surface area contributed by atoms with Gasteiger partial charge in [0.2, 0.25) is 0 Å². The van der Waals surface area contributed by atoms with Crippen molar-refractivity contribution in [2.75, 3.05) is 7.11 Å². The molecule has 5 rings (SSSR count). The minimum absolute atomic E-state index is 0.0246. The smallest absolute Gasteiger partial charge is 0.258 e. The number of ether oxygens (including phenoxy) is 2. The van der Waals surface area contributed by atoms with Crippen molar-refractivity contribution in [3.05, 3.63) is 112 Å². The maximum atomic E-state index is 15.0. The minimum atomic E-state index is -0.691. The van der Waals surface area contributed by atoms with Gasteiger partial charge in [0.25, 0.3) is 11.5 Å². The number of benzene rings is 2. The Morgan fingerprint density at radius 1 is 1.03 bits per heavy atom. The van der Waals surface area contributed by atoms with Crippen LogP contribution >= 0.6 is 11.3 Å². The number of nitrogens with one attached hydrogen (secondary N) is 1. The fraction of sp³-hybridized carbons (Fsp3) is 0.0741. The number of halogens is 2. The molecule has 3 heterocycles. The van der Waals surface area contributed by atoms with E-state index in [1.165, 1.54) is 48.9 Å². The van der Waals surface area contributed by atoms with Crippen molar-refractivity contribution in [3.8, 4) is 22.9 Å². The van der Waals surface area contributed by atoms with Gasteiger partial charge in [-0.2, -0.15) is 0 Å². The molecule has 0 fully saturated rings. The number of carbonyl (C=O) groups excluding carboxylic acids is 1. The van der Waals surface area contributed by atoms with Crippen LogP contribution in [0.15, 0.2) is 83.2 Å². The number of carbonyl (C=O) groups is 1. The van der Waals surface area contributed by atoms with Crippen LogP contribution in [0.2, 0.25) is 0 Å². The third kappa shape index (κ3) is 5.05. The van der Waals surface area contributed by atoms with Crippen molar-refractivity contribution < 1.29 is 23.0 Å². The van der Waals surface area contributed by atoms with Crippen LogP contribution in [-0.2, 0) is 6.54 Å². The number of nitrogens with zero attached hydrogens (tertiary/aromatic N) is 2. The lowest BCUT2D eigenvalue weighted by molar-refractivity contribution is 0.0947. The van der Waals surface area contributed by atoms with E-state index in [9.17, 15) is 14.0 Å². The Morgan fingerprint density at radius 3 is 2.59 bits per heavy atom. The number of hydrogen-bond donors (Lipinski definition) is 1. The van der Waals surface area contributed by atoms with Gasteiger partial charge in [0.05, 0.1) is 28.6 Å². The molecule has 5 aromatic rings. The fourth-order valence-electron chi connectivity index (χ4n) is 3.71. The van der Waals surface area contributed by atoms with E-state index in [4.69, 9.17) is 9.47 Å². The van der Waals surface area contributed by atoms with Crippen molar-refractivity contribution in [1.82, 2.24) is 14.9 Å². The van der Waals surface area contributed by atoms with E-state index in [0.29, 0.717) is 11.3 Å². The van der Waals surface area contributed by atoms with Gasteiger partial charge in [0.15, 0.2) is 11.6 Å². The number of aromatic nitrogens is 2. The lowest BCUT2D eigenvalue weighted by atomic mass is 10.2. The van der Waals surface area contributed by atoms with E-state index >= 15 is 4.39 Å². The van der Waals surface area contributed by atoms with Gasteiger partial charge < -0.3 is 14.8 Å². The molecule has 0 aliphatic carbocycles. The highest BCUT2D eigenvalue weighted by molar-refractivity contribution is 7.17. The van der Waals surface area contributed by atoms with Gasteiger partial charge >= 0.3 is 0 Å². The molecule has 37 heavy (non-hydrogen) atoms. The average Bonchev–Trinajstić information content (AvgIpc) is 3.39. The molecule has 0 spiro atoms. The first-order chi connectivity index (χ1) is 17.9. The van der Waals surface area contributed by atoms with E-state index < -0.39 is 17.3 Å². The Bertz CT molecular complexity index is 1670. The van der Waals surface area contributed by atoms with E-state index in [-0.39, 0.29) is 35.1 Å². The van der Waals surface area contributed by atoms with Gasteiger partial charge in [-0.1, -0.05) is 12.1 Å². The summed E-state index contributed by atoms with van der Waals surface area (Å²) in [6.45, 7) is 0.134. The van der Waals surface area contributed by atoms with Crippen LogP contribution in [0.1, 0.15) is 15.9 Å². The number of methoxy groups -OCH3 is 1. The van der Waals surface area contributed by atoms with Crippen LogP contribution < -0.4 is 20.3 Å². The summed E-state index contributed by atoms with van der Waals surface area (Å²) in [4.78, 5) is 29.9. The van der Waals surface area contributed by atoms with E-state index in [1.54, 1.807) is 24.4 Å². The van der Waals surface area contributed by atoms with Gasteiger partial charge in [-0.25, -0.2) is 8.78 Å². The van der Waals surface area contributed by atoms with Crippen LogP contribution in [0.25, 0.3) is 15.9 Å². The maximum absolute atomic E-state index is 15.0. The number of fused-ring (bicyclic) bond motifs is 1. The Labute approximate surface area is 213 Å². The quantitative estimate of drug-likeness (QED) is 0.309. The van der Waals surface area contributed by atoms with Gasteiger partial charge in [-0.3, -0.25) is 19.1 Å². The molecule has 0 atom stereocenters. The van der Waals surface area contributed by atoms with Crippen LogP contribution in [-0.4, -0.2) is 22.6 Å². The highest BCUT2D eigenvalue weighted by Gasteiger charge is 2.17. The van der Waals surface area contributed by atoms with Gasteiger partial charge in [0, 0.05) is 37.1 Å². The van der Waals surface area contributed by atoms with E-state index in [2.05, 4.69) is 10.3 Å². The lowest BCUT2D eigenvalue weighted by Crippen LogP contribution is -2.27. The van der Waals surface area contributed by atoms with Crippen LogP contribution in [0.5, 0.6) is 17.2 Å². The number of hydrogen-bond acceptors (Lipinski definition) is 6. The third-order valence-electron chi connectivity index (χ3n) is 5.57. The number of rotatable bonds is 7. The zero-order valence-corrected chi connectivity index (χ0v) is 20.2. The molecular formula is C27H19F2N3O4S. The normalized spacial score (nSPS) is 10.9. The SMILES string of the molecule is COc1cc(=O)n(-c2ccc(Oc3ccnc4ccsc34)c(F)c2)cc1C(=O)NCc1ccc(F)cc1. The maximum Gasteiger partial charge on any atom is 0.258 e. The minimum Gasteiger partial charge on any atom is -0.496 e. The van der Waals surface area contributed by atoms with Gasteiger partial charge in [-0.15, -0.1) is 11.3 Å². The standard InChI is InChI=1S/C27H19F2N3O4S/c1-35-24-13-25(33)32(15-19(24)27(34)31-14-16-2-4-17(28)5-3-16)18-6-7-22(20(29)12-18)36-23-8-10-30-21-9-11-37-26(21)23/h2-13,15H,14H2,1H3,(H,31,34). The van der Waals surface area contributed by atoms with E-state index in [0.717, 1.165) is 26.9 Å². The average molecular weight is 520 g/mol. The summed E-state index contributed by atoms with van der Waals surface area (Å²) in [5.74, 6) is -1.09. The van der Waals surface area contributed by atoms with Gasteiger partial charge in [-0.05, 0) is 41.3 Å². The summed E-state index contributed by atoms with van der Waals surface area (Å²) in [6.07, 6.45) is 2.87. The molecule has 186 valence electrons. The van der Waals surface area contributed by atoms with Crippen LogP contribution in [0, 0.1) is 11.6 Å². The Morgan fingerprint density at radius 2 is 1.84 bits per heavy atom. The molecule has 1 amide bonds. The van der Waals surface area contributed by atoms with Crippen LogP contribution in [0.3, 0.4) is 0 Å². The largest absolute Gasteiger partial charge is 0.496 e. The molecule has 0 bridgehead atoms. The van der Waals surface area contributed by atoms with Crippen molar-refractivity contribution in [2.24, 2.45) is 0 Å². The van der Waals surface area contributed by atoms with Crippen LogP contribution in [0.4, 0.5) is 8.78 Å². The lowest BCUT2D eigenvalue weighted by Gasteiger charge is -2.14. The van der Waals surface area contributed by atoms with Crippen molar-refractivity contribution in [3.63, 3.8) is 0 Å². The Kier molecular flexibility index (Phi) is 6.65. The Hall–Kier alpha value is -4.57. The first-order valence-corrected chi connectivity index (χ1v) is 11.9. The topological polar surface area (TPSA) is 82.5 Å². The first kappa shape index (κ1) is 24.1. The molecule has 0 saturated carbocycles. The predicted molar refractivity (Wildman–Crippen MR) is 136 cm³/mol. The zero-order chi connectivity index (χ0) is 25.9. The first-order valence-electron chi connectivity index (χ1n) is 11.1. The third-order valence-corrected chi connectivity index (χ3v) is 6.49. The number of pyridine rings is 2.